The first-order chi connectivity index (χ1) is 9.81. The van der Waals surface area contributed by atoms with E-state index in [1.54, 1.807) is 6.07 Å². The number of ether oxygens (including phenoxy) is 1. The first-order valence-corrected chi connectivity index (χ1v) is 5.65. The van der Waals surface area contributed by atoms with Gasteiger partial charge in [0, 0.05) is 6.07 Å². The van der Waals surface area contributed by atoms with Crippen LogP contribution in [0.25, 0.3) is 0 Å². The molecule has 2 rings (SSSR count). The van der Waals surface area contributed by atoms with Gasteiger partial charge in [-0.25, -0.2) is 4.39 Å². The molecule has 0 aliphatic carbocycles. The third-order valence-electron chi connectivity index (χ3n) is 2.63. The number of benzene rings is 2. The van der Waals surface area contributed by atoms with Gasteiger partial charge < -0.3 is 10.5 Å². The van der Waals surface area contributed by atoms with E-state index >= 15 is 0 Å². The normalized spacial score (nSPS) is 11.0. The molecule has 0 saturated carbocycles. The summed E-state index contributed by atoms with van der Waals surface area (Å²) in [5.41, 5.74) is 4.19. The Balaban J connectivity index is 2.28. The van der Waals surface area contributed by atoms with Crippen LogP contribution in [0.1, 0.15) is 11.1 Å². The molecule has 0 bridgehead atoms. The molecule has 2 N–H and O–H groups in total. The second kappa shape index (κ2) is 5.32. The molecule has 7 heteroatoms. The van der Waals surface area contributed by atoms with Crippen LogP contribution >= 0.6 is 0 Å². The number of anilines is 1. The van der Waals surface area contributed by atoms with E-state index < -0.39 is 17.6 Å². The fourth-order valence-corrected chi connectivity index (χ4v) is 1.59. The summed E-state index contributed by atoms with van der Waals surface area (Å²) >= 11 is 0. The molecule has 0 amide bonds. The van der Waals surface area contributed by atoms with Crippen LogP contribution in [0.2, 0.25) is 0 Å². The monoisotopic (exact) mass is 296 g/mol. The fourth-order valence-electron chi connectivity index (χ4n) is 1.59. The van der Waals surface area contributed by atoms with Crippen molar-refractivity contribution in [1.29, 1.82) is 5.26 Å². The number of rotatable bonds is 2. The Bertz CT molecular complexity index is 720. The first kappa shape index (κ1) is 14.7. The summed E-state index contributed by atoms with van der Waals surface area (Å²) in [5, 5.41) is 8.59. The van der Waals surface area contributed by atoms with E-state index in [-0.39, 0.29) is 22.7 Å². The van der Waals surface area contributed by atoms with E-state index in [2.05, 4.69) is 0 Å². The highest BCUT2D eigenvalue weighted by molar-refractivity contribution is 5.56. The van der Waals surface area contributed by atoms with Crippen LogP contribution in [-0.4, -0.2) is 0 Å². The zero-order chi connectivity index (χ0) is 15.6. The molecule has 0 aromatic heterocycles. The molecule has 3 nitrogen and oxygen atoms in total. The molecule has 0 heterocycles. The van der Waals surface area contributed by atoms with Crippen molar-refractivity contribution in [2.24, 2.45) is 0 Å². The molecule has 0 saturated heterocycles. The molecule has 21 heavy (non-hydrogen) atoms. The van der Waals surface area contributed by atoms with Crippen LogP contribution in [0.4, 0.5) is 23.2 Å². The number of nitrogens with zero attached hydrogens (tertiary/aromatic N) is 1. The Morgan fingerprint density at radius 1 is 1.10 bits per heavy atom. The van der Waals surface area contributed by atoms with E-state index in [0.717, 1.165) is 24.3 Å². The van der Waals surface area contributed by atoms with Crippen LogP contribution < -0.4 is 10.5 Å². The second-order valence-corrected chi connectivity index (χ2v) is 4.11. The van der Waals surface area contributed by atoms with Crippen molar-refractivity contribution in [1.82, 2.24) is 0 Å². The summed E-state index contributed by atoms with van der Waals surface area (Å²) < 4.78 is 56.1. The molecule has 0 aliphatic heterocycles. The summed E-state index contributed by atoms with van der Waals surface area (Å²) in [5.74, 6) is -0.800. The third-order valence-corrected chi connectivity index (χ3v) is 2.63. The van der Waals surface area contributed by atoms with Crippen molar-refractivity contribution in [3.8, 4) is 17.6 Å². The Labute approximate surface area is 117 Å². The van der Waals surface area contributed by atoms with Gasteiger partial charge in [-0.2, -0.15) is 18.4 Å². The number of halogens is 4. The lowest BCUT2D eigenvalue weighted by molar-refractivity contribution is -0.137. The Morgan fingerprint density at radius 2 is 1.81 bits per heavy atom. The molecule has 108 valence electrons. The average Bonchev–Trinajstić information content (AvgIpc) is 2.40. The predicted molar refractivity (Wildman–Crippen MR) is 67.0 cm³/mol. The molecule has 0 aliphatic rings. The summed E-state index contributed by atoms with van der Waals surface area (Å²) in [7, 11) is 0. The van der Waals surface area contributed by atoms with Crippen LogP contribution in [0.5, 0.6) is 11.5 Å². The second-order valence-electron chi connectivity index (χ2n) is 4.11. The zero-order valence-electron chi connectivity index (χ0n) is 10.4. The number of nitriles is 1. The minimum Gasteiger partial charge on any atom is -0.455 e. The van der Waals surface area contributed by atoms with Crippen LogP contribution in [0, 0.1) is 17.1 Å². The van der Waals surface area contributed by atoms with Gasteiger partial charge in [0.15, 0.2) is 0 Å². The van der Waals surface area contributed by atoms with Crippen LogP contribution in [-0.2, 0) is 6.18 Å². The lowest BCUT2D eigenvalue weighted by Crippen LogP contribution is -2.06. The Morgan fingerprint density at radius 3 is 2.33 bits per heavy atom. The SMILES string of the molecule is N#Cc1ccc(Oc2ccc(C(F)(F)F)cc2N)cc1F. The molecule has 0 unspecified atom stereocenters. The maximum Gasteiger partial charge on any atom is 0.416 e. The van der Waals surface area contributed by atoms with Crippen molar-refractivity contribution in [2.45, 2.75) is 6.18 Å². The van der Waals surface area contributed by atoms with Crippen molar-refractivity contribution < 1.29 is 22.3 Å². The third kappa shape index (κ3) is 3.23. The van der Waals surface area contributed by atoms with Gasteiger partial charge in [-0.05, 0) is 30.3 Å². The molecule has 2 aromatic rings. The number of hydrogen-bond acceptors (Lipinski definition) is 3. The van der Waals surface area contributed by atoms with E-state index in [9.17, 15) is 17.6 Å². The predicted octanol–water partition coefficient (Wildman–Crippen LogP) is 4.09. The molecule has 0 radical (unpaired) electrons. The smallest absolute Gasteiger partial charge is 0.416 e. The quantitative estimate of drug-likeness (QED) is 0.670. The van der Waals surface area contributed by atoms with Gasteiger partial charge in [0.2, 0.25) is 0 Å². The number of nitrogen functional groups attached to an aromatic ring is 1. The minimum absolute atomic E-state index is 0.0259. The van der Waals surface area contributed by atoms with Crippen molar-refractivity contribution in [2.75, 3.05) is 5.73 Å². The summed E-state index contributed by atoms with van der Waals surface area (Å²) in [4.78, 5) is 0. The summed E-state index contributed by atoms with van der Waals surface area (Å²) in [6, 6.07) is 7.71. The standard InChI is InChI=1S/C14H8F4N2O/c15-11-6-10(3-1-8(11)7-19)21-13-4-2-9(5-12(13)20)14(16,17)18/h1-6H,20H2. The lowest BCUT2D eigenvalue weighted by Gasteiger charge is -2.12. The fraction of sp³-hybridized carbons (Fsp3) is 0.0714. The summed E-state index contributed by atoms with van der Waals surface area (Å²) in [6.07, 6.45) is -4.51. The van der Waals surface area contributed by atoms with Gasteiger partial charge in [0.05, 0.1) is 16.8 Å². The minimum atomic E-state index is -4.51. The van der Waals surface area contributed by atoms with Gasteiger partial charge in [0.25, 0.3) is 0 Å². The van der Waals surface area contributed by atoms with Gasteiger partial charge in [-0.3, -0.25) is 0 Å². The first-order valence-electron chi connectivity index (χ1n) is 5.65. The van der Waals surface area contributed by atoms with E-state index in [4.69, 9.17) is 15.7 Å². The topological polar surface area (TPSA) is 59.0 Å². The number of alkyl halides is 3. The largest absolute Gasteiger partial charge is 0.455 e. The molecule has 0 fully saturated rings. The average molecular weight is 296 g/mol. The highest BCUT2D eigenvalue weighted by Crippen LogP contribution is 2.35. The molecular formula is C14H8F4N2O. The maximum atomic E-state index is 13.4. The van der Waals surface area contributed by atoms with Crippen LogP contribution in [0.3, 0.4) is 0 Å². The van der Waals surface area contributed by atoms with Crippen molar-refractivity contribution >= 4 is 5.69 Å². The zero-order valence-corrected chi connectivity index (χ0v) is 10.4. The van der Waals surface area contributed by atoms with Gasteiger partial charge in [-0.1, -0.05) is 0 Å². The number of hydrogen-bond donors (Lipinski definition) is 1. The number of nitrogens with two attached hydrogens (primary N) is 1. The van der Waals surface area contributed by atoms with Gasteiger partial charge in [-0.15, -0.1) is 0 Å². The summed E-state index contributed by atoms with van der Waals surface area (Å²) in [6.45, 7) is 0. The Kier molecular flexibility index (Phi) is 3.72. The van der Waals surface area contributed by atoms with Crippen molar-refractivity contribution in [3.05, 3.63) is 53.3 Å². The molecule has 0 spiro atoms. The van der Waals surface area contributed by atoms with Crippen molar-refractivity contribution in [3.63, 3.8) is 0 Å². The molecule has 0 atom stereocenters. The Hall–Kier alpha value is -2.75. The maximum absolute atomic E-state index is 13.4. The highest BCUT2D eigenvalue weighted by atomic mass is 19.4. The van der Waals surface area contributed by atoms with E-state index in [1.165, 1.54) is 12.1 Å². The van der Waals surface area contributed by atoms with Gasteiger partial charge in [0.1, 0.15) is 23.4 Å². The lowest BCUT2D eigenvalue weighted by atomic mass is 10.2. The highest BCUT2D eigenvalue weighted by Gasteiger charge is 2.31. The van der Waals surface area contributed by atoms with Gasteiger partial charge >= 0.3 is 6.18 Å². The van der Waals surface area contributed by atoms with E-state index in [1.807, 2.05) is 0 Å². The molecular weight excluding hydrogens is 288 g/mol. The van der Waals surface area contributed by atoms with E-state index in [0.29, 0.717) is 0 Å². The van der Waals surface area contributed by atoms with Crippen LogP contribution in [0.15, 0.2) is 36.4 Å². The molecule has 2 aromatic carbocycles.